The zero-order valence-electron chi connectivity index (χ0n) is 12.2. The van der Waals surface area contributed by atoms with Gasteiger partial charge in [0, 0.05) is 16.7 Å². The Morgan fingerprint density at radius 1 is 1.23 bits per heavy atom. The third kappa shape index (κ3) is 2.50. The van der Waals surface area contributed by atoms with Crippen molar-refractivity contribution in [1.82, 2.24) is 9.97 Å². The van der Waals surface area contributed by atoms with Crippen LogP contribution in [-0.4, -0.2) is 37.1 Å². The smallest absolute Gasteiger partial charge is 0.278 e. The van der Waals surface area contributed by atoms with Gasteiger partial charge in [-0.3, -0.25) is 4.79 Å². The van der Waals surface area contributed by atoms with E-state index >= 15 is 0 Å². The van der Waals surface area contributed by atoms with Gasteiger partial charge >= 0.3 is 0 Å². The molecule has 1 aliphatic rings. The summed E-state index contributed by atoms with van der Waals surface area (Å²) in [6, 6.07) is 5.30. The summed E-state index contributed by atoms with van der Waals surface area (Å²) in [5, 5.41) is 0. The number of carbonyl (C=O) groups excluding carboxylic acids is 1. The molecule has 22 heavy (non-hydrogen) atoms. The second-order valence-corrected chi connectivity index (χ2v) is 4.65. The lowest BCUT2D eigenvalue weighted by atomic mass is 10.0. The highest BCUT2D eigenvalue weighted by atomic mass is 16.5. The van der Waals surface area contributed by atoms with Crippen molar-refractivity contribution in [3.8, 4) is 17.5 Å². The van der Waals surface area contributed by atoms with Crippen LogP contribution in [-0.2, 0) is 0 Å². The summed E-state index contributed by atoms with van der Waals surface area (Å²) in [6.45, 7) is 0.347. The Kier molecular flexibility index (Phi) is 3.74. The molecule has 0 aliphatic carbocycles. The molecule has 0 atom stereocenters. The molecule has 0 radical (unpaired) electrons. The van der Waals surface area contributed by atoms with Crippen LogP contribution in [0.25, 0.3) is 11.6 Å². The van der Waals surface area contributed by atoms with Crippen LogP contribution in [0, 0.1) is 0 Å². The largest absolute Gasteiger partial charge is 0.488 e. The molecule has 0 bridgehead atoms. The van der Waals surface area contributed by atoms with E-state index in [4.69, 9.17) is 14.2 Å². The fraction of sp³-hybridized carbons (Fsp3) is 0.188. The van der Waals surface area contributed by atoms with Crippen molar-refractivity contribution < 1.29 is 19.0 Å². The van der Waals surface area contributed by atoms with E-state index in [0.717, 1.165) is 17.4 Å². The van der Waals surface area contributed by atoms with E-state index < -0.39 is 0 Å². The van der Waals surface area contributed by atoms with E-state index in [1.54, 1.807) is 18.3 Å². The maximum atomic E-state index is 10.8. The lowest BCUT2D eigenvalue weighted by Crippen LogP contribution is -2.09. The molecular weight excluding hydrogens is 284 g/mol. The predicted octanol–water partition coefficient (Wildman–Crippen LogP) is 2.24. The summed E-state index contributed by atoms with van der Waals surface area (Å²) >= 11 is 0. The van der Waals surface area contributed by atoms with E-state index in [-0.39, 0.29) is 0 Å². The van der Waals surface area contributed by atoms with Crippen LogP contribution in [0.1, 0.15) is 21.6 Å². The molecule has 0 amide bonds. The van der Waals surface area contributed by atoms with Crippen molar-refractivity contribution >= 4 is 17.9 Å². The molecule has 0 N–H and O–H groups in total. The van der Waals surface area contributed by atoms with Gasteiger partial charge in [-0.1, -0.05) is 12.1 Å². The fourth-order valence-electron chi connectivity index (χ4n) is 2.19. The van der Waals surface area contributed by atoms with E-state index in [1.165, 1.54) is 14.2 Å². The van der Waals surface area contributed by atoms with Crippen LogP contribution >= 0.6 is 0 Å². The van der Waals surface area contributed by atoms with Crippen LogP contribution in [0.5, 0.6) is 17.5 Å². The van der Waals surface area contributed by atoms with Crippen molar-refractivity contribution in [2.24, 2.45) is 0 Å². The molecule has 1 aliphatic heterocycles. The normalized spacial score (nSPS) is 12.7. The number of aldehydes is 1. The summed E-state index contributed by atoms with van der Waals surface area (Å²) in [6.07, 6.45) is 4.37. The Hall–Kier alpha value is -2.89. The molecule has 0 unspecified atom stereocenters. The molecule has 0 fully saturated rings. The molecule has 0 saturated carbocycles. The second-order valence-electron chi connectivity index (χ2n) is 4.65. The van der Waals surface area contributed by atoms with Crippen molar-refractivity contribution in [1.29, 1.82) is 0 Å². The Morgan fingerprint density at radius 2 is 2.05 bits per heavy atom. The summed E-state index contributed by atoms with van der Waals surface area (Å²) in [4.78, 5) is 19.3. The number of aromatic nitrogens is 2. The first-order valence-electron chi connectivity index (χ1n) is 6.63. The first-order valence-corrected chi connectivity index (χ1v) is 6.63. The molecule has 6 nitrogen and oxygen atoms in total. The highest BCUT2D eigenvalue weighted by Gasteiger charge is 2.17. The average Bonchev–Trinajstić information content (AvgIpc) is 2.60. The van der Waals surface area contributed by atoms with Crippen molar-refractivity contribution in [3.63, 3.8) is 0 Å². The quantitative estimate of drug-likeness (QED) is 0.806. The number of rotatable bonds is 4. The van der Waals surface area contributed by atoms with Gasteiger partial charge in [0.1, 0.15) is 18.6 Å². The summed E-state index contributed by atoms with van der Waals surface area (Å²) in [5.41, 5.74) is 3.01. The maximum absolute atomic E-state index is 10.8. The molecule has 1 aromatic heterocycles. The highest BCUT2D eigenvalue weighted by molar-refractivity contribution is 5.86. The van der Waals surface area contributed by atoms with Gasteiger partial charge in [0.15, 0.2) is 0 Å². The maximum Gasteiger partial charge on any atom is 0.278 e. The minimum atomic E-state index is 0.322. The van der Waals surface area contributed by atoms with Crippen molar-refractivity contribution in [3.05, 3.63) is 41.2 Å². The van der Waals surface area contributed by atoms with Crippen LogP contribution in [0.3, 0.4) is 0 Å². The summed E-state index contributed by atoms with van der Waals surface area (Å²) in [7, 11) is 3.02. The Bertz CT molecular complexity index is 756. The number of ether oxygens (including phenoxy) is 3. The van der Waals surface area contributed by atoms with E-state index in [9.17, 15) is 4.79 Å². The van der Waals surface area contributed by atoms with E-state index in [1.807, 2.05) is 12.1 Å². The van der Waals surface area contributed by atoms with Gasteiger partial charge in [-0.25, -0.2) is 9.97 Å². The molecule has 0 saturated heterocycles. The van der Waals surface area contributed by atoms with Crippen molar-refractivity contribution in [2.75, 3.05) is 20.8 Å². The lowest BCUT2D eigenvalue weighted by Gasteiger charge is -2.18. The molecule has 3 rings (SSSR count). The predicted molar refractivity (Wildman–Crippen MR) is 80.3 cm³/mol. The Balaban J connectivity index is 1.99. The minimum Gasteiger partial charge on any atom is -0.488 e. The molecule has 0 spiro atoms. The lowest BCUT2D eigenvalue weighted by molar-refractivity contribution is 0.112. The third-order valence-corrected chi connectivity index (χ3v) is 3.31. The van der Waals surface area contributed by atoms with Gasteiger partial charge in [-0.05, 0) is 12.1 Å². The van der Waals surface area contributed by atoms with Crippen LogP contribution in [0.15, 0.2) is 24.4 Å². The molecular formula is C16H14N2O4. The molecule has 2 aromatic rings. The number of methoxy groups -OCH3 is 2. The number of nitrogens with zero attached hydrogens (tertiary/aromatic N) is 2. The van der Waals surface area contributed by atoms with Gasteiger partial charge < -0.3 is 14.2 Å². The van der Waals surface area contributed by atoms with Crippen molar-refractivity contribution in [2.45, 2.75) is 0 Å². The average molecular weight is 298 g/mol. The van der Waals surface area contributed by atoms with Crippen LogP contribution in [0.2, 0.25) is 0 Å². The molecule has 2 heterocycles. The zero-order valence-corrected chi connectivity index (χ0v) is 12.2. The molecule has 1 aromatic carbocycles. The fourth-order valence-corrected chi connectivity index (χ4v) is 2.19. The third-order valence-electron chi connectivity index (χ3n) is 3.31. The van der Waals surface area contributed by atoms with E-state index in [0.29, 0.717) is 35.4 Å². The van der Waals surface area contributed by atoms with Crippen LogP contribution < -0.4 is 14.2 Å². The van der Waals surface area contributed by atoms with Crippen LogP contribution in [0.4, 0.5) is 0 Å². The van der Waals surface area contributed by atoms with Gasteiger partial charge in [0.25, 0.3) is 11.8 Å². The standard InChI is InChI=1S/C16H14N2O4/c1-20-15-16(21-2)18-13(7-17-15)12-6-11-4-3-10(8-19)5-14(11)22-9-12/h3-8H,9H2,1-2H3. The monoisotopic (exact) mass is 298 g/mol. The topological polar surface area (TPSA) is 70.5 Å². The number of carbonyl (C=O) groups is 1. The van der Waals surface area contributed by atoms with Gasteiger partial charge in [-0.15, -0.1) is 0 Å². The number of benzene rings is 1. The number of fused-ring (bicyclic) bond motifs is 1. The van der Waals surface area contributed by atoms with Gasteiger partial charge in [0.2, 0.25) is 0 Å². The first kappa shape index (κ1) is 14.1. The minimum absolute atomic E-state index is 0.322. The van der Waals surface area contributed by atoms with E-state index in [2.05, 4.69) is 9.97 Å². The number of hydrogen-bond donors (Lipinski definition) is 0. The summed E-state index contributed by atoms with van der Waals surface area (Å²) in [5.74, 6) is 1.34. The zero-order chi connectivity index (χ0) is 15.5. The first-order chi connectivity index (χ1) is 10.7. The molecule has 6 heteroatoms. The Labute approximate surface area is 127 Å². The highest BCUT2D eigenvalue weighted by Crippen LogP contribution is 2.32. The molecule has 112 valence electrons. The van der Waals surface area contributed by atoms with Gasteiger partial charge in [-0.2, -0.15) is 0 Å². The SMILES string of the molecule is COc1ncc(C2=Cc3ccc(C=O)cc3OC2)nc1OC. The second kappa shape index (κ2) is 5.85. The summed E-state index contributed by atoms with van der Waals surface area (Å²) < 4.78 is 15.9. The Morgan fingerprint density at radius 3 is 2.77 bits per heavy atom. The number of hydrogen-bond acceptors (Lipinski definition) is 6. The van der Waals surface area contributed by atoms with Gasteiger partial charge in [0.05, 0.1) is 26.1 Å².